The van der Waals surface area contributed by atoms with E-state index in [2.05, 4.69) is 11.1 Å². The van der Waals surface area contributed by atoms with Crippen molar-refractivity contribution in [2.24, 2.45) is 0 Å². The van der Waals surface area contributed by atoms with Crippen molar-refractivity contribution in [2.45, 2.75) is 0 Å². The van der Waals surface area contributed by atoms with Crippen molar-refractivity contribution in [1.29, 1.82) is 5.26 Å². The van der Waals surface area contributed by atoms with Crippen LogP contribution >= 0.6 is 0 Å². The minimum atomic E-state index is 0.121. The smallest absolute Gasteiger partial charge is 0.293 e. The molecule has 0 bridgehead atoms. The van der Waals surface area contributed by atoms with Crippen molar-refractivity contribution in [1.82, 2.24) is 4.98 Å². The van der Waals surface area contributed by atoms with Gasteiger partial charge in [0.25, 0.3) is 6.01 Å². The van der Waals surface area contributed by atoms with E-state index >= 15 is 0 Å². The SMILES string of the molecule is N#Cc1cc2nc(N)oc2c2ccccc12. The molecule has 0 fully saturated rings. The highest BCUT2D eigenvalue weighted by Gasteiger charge is 2.10. The molecule has 16 heavy (non-hydrogen) atoms. The van der Waals surface area contributed by atoms with Crippen LogP contribution in [0.5, 0.6) is 0 Å². The van der Waals surface area contributed by atoms with Gasteiger partial charge in [0.1, 0.15) is 5.52 Å². The largest absolute Gasteiger partial charge is 0.423 e. The molecule has 0 spiro atoms. The predicted octanol–water partition coefficient (Wildman–Crippen LogP) is 2.43. The number of nitriles is 1. The van der Waals surface area contributed by atoms with Crippen LogP contribution in [0.15, 0.2) is 34.7 Å². The minimum Gasteiger partial charge on any atom is -0.423 e. The molecule has 76 valence electrons. The van der Waals surface area contributed by atoms with E-state index in [1.54, 1.807) is 6.07 Å². The van der Waals surface area contributed by atoms with Crippen molar-refractivity contribution >= 4 is 27.9 Å². The molecule has 4 heteroatoms. The van der Waals surface area contributed by atoms with Gasteiger partial charge in [-0.3, -0.25) is 0 Å². The van der Waals surface area contributed by atoms with Crippen LogP contribution in [-0.4, -0.2) is 4.98 Å². The fourth-order valence-corrected chi connectivity index (χ4v) is 1.86. The molecule has 0 unspecified atom stereocenters. The van der Waals surface area contributed by atoms with Crippen molar-refractivity contribution in [3.8, 4) is 6.07 Å². The standard InChI is InChI=1S/C12H7N3O/c13-6-7-5-10-11(16-12(14)15-10)9-4-2-1-3-8(7)9/h1-5H,(H2,14,15). The number of fused-ring (bicyclic) bond motifs is 3. The molecule has 0 radical (unpaired) electrons. The second-order valence-corrected chi connectivity index (χ2v) is 3.48. The van der Waals surface area contributed by atoms with Crippen molar-refractivity contribution in [2.75, 3.05) is 5.73 Å². The fraction of sp³-hybridized carbons (Fsp3) is 0. The van der Waals surface area contributed by atoms with Gasteiger partial charge in [-0.15, -0.1) is 0 Å². The van der Waals surface area contributed by atoms with Crippen LogP contribution in [0.3, 0.4) is 0 Å². The number of benzene rings is 2. The minimum absolute atomic E-state index is 0.121. The average molecular weight is 209 g/mol. The third kappa shape index (κ3) is 1.06. The summed E-state index contributed by atoms with van der Waals surface area (Å²) in [4.78, 5) is 4.03. The molecule has 2 aromatic carbocycles. The summed E-state index contributed by atoms with van der Waals surface area (Å²) in [5.74, 6) is 0. The Morgan fingerprint density at radius 2 is 2.00 bits per heavy atom. The summed E-state index contributed by atoms with van der Waals surface area (Å²) >= 11 is 0. The normalized spacial score (nSPS) is 10.7. The predicted molar refractivity (Wildman–Crippen MR) is 60.6 cm³/mol. The topological polar surface area (TPSA) is 75.8 Å². The molecular weight excluding hydrogens is 202 g/mol. The molecule has 2 N–H and O–H groups in total. The zero-order valence-electron chi connectivity index (χ0n) is 8.27. The number of hydrogen-bond acceptors (Lipinski definition) is 4. The lowest BCUT2D eigenvalue weighted by Gasteiger charge is -1.99. The Morgan fingerprint density at radius 1 is 1.25 bits per heavy atom. The van der Waals surface area contributed by atoms with Gasteiger partial charge in [-0.25, -0.2) is 0 Å². The van der Waals surface area contributed by atoms with Gasteiger partial charge in [0.05, 0.1) is 11.6 Å². The molecule has 4 nitrogen and oxygen atoms in total. The molecule has 0 saturated heterocycles. The molecule has 0 atom stereocenters. The van der Waals surface area contributed by atoms with Gasteiger partial charge in [-0.1, -0.05) is 24.3 Å². The van der Waals surface area contributed by atoms with Gasteiger partial charge in [0.2, 0.25) is 0 Å². The van der Waals surface area contributed by atoms with Gasteiger partial charge < -0.3 is 10.2 Å². The molecular formula is C12H7N3O. The lowest BCUT2D eigenvalue weighted by molar-refractivity contribution is 0.629. The second kappa shape index (κ2) is 2.97. The summed E-state index contributed by atoms with van der Waals surface area (Å²) < 4.78 is 5.34. The number of nitrogen functional groups attached to an aromatic ring is 1. The Labute approximate surface area is 90.9 Å². The van der Waals surface area contributed by atoms with Crippen LogP contribution < -0.4 is 5.73 Å². The Hall–Kier alpha value is -2.54. The van der Waals surface area contributed by atoms with Crippen LogP contribution in [0, 0.1) is 11.3 Å². The second-order valence-electron chi connectivity index (χ2n) is 3.48. The molecule has 0 aliphatic carbocycles. The number of nitrogens with zero attached hydrogens (tertiary/aromatic N) is 2. The first-order chi connectivity index (χ1) is 7.79. The monoisotopic (exact) mass is 209 g/mol. The molecule has 0 aliphatic heterocycles. The average Bonchev–Trinajstić information content (AvgIpc) is 2.68. The lowest BCUT2D eigenvalue weighted by atomic mass is 10.0. The number of hydrogen-bond donors (Lipinski definition) is 1. The van der Waals surface area contributed by atoms with Crippen LogP contribution in [0.2, 0.25) is 0 Å². The van der Waals surface area contributed by atoms with E-state index in [9.17, 15) is 0 Å². The molecule has 1 aromatic heterocycles. The lowest BCUT2D eigenvalue weighted by Crippen LogP contribution is -1.82. The quantitative estimate of drug-likeness (QED) is 0.616. The van der Waals surface area contributed by atoms with Gasteiger partial charge in [-0.2, -0.15) is 10.2 Å². The fourth-order valence-electron chi connectivity index (χ4n) is 1.86. The van der Waals surface area contributed by atoms with E-state index in [0.29, 0.717) is 16.7 Å². The zero-order chi connectivity index (χ0) is 11.1. The number of nitrogens with two attached hydrogens (primary N) is 1. The van der Waals surface area contributed by atoms with Gasteiger partial charge >= 0.3 is 0 Å². The number of aromatic nitrogens is 1. The van der Waals surface area contributed by atoms with Gasteiger partial charge in [-0.05, 0) is 6.07 Å². The summed E-state index contributed by atoms with van der Waals surface area (Å²) in [6, 6.07) is 11.5. The number of oxazole rings is 1. The maximum Gasteiger partial charge on any atom is 0.293 e. The van der Waals surface area contributed by atoms with Crippen molar-refractivity contribution in [3.63, 3.8) is 0 Å². The van der Waals surface area contributed by atoms with E-state index in [-0.39, 0.29) is 6.01 Å². The Balaban J connectivity index is 2.63. The highest BCUT2D eigenvalue weighted by atomic mass is 16.4. The number of rotatable bonds is 0. The molecule has 1 heterocycles. The van der Waals surface area contributed by atoms with E-state index in [1.807, 2.05) is 24.3 Å². The molecule has 0 aliphatic rings. The molecule has 0 amide bonds. The first-order valence-corrected chi connectivity index (χ1v) is 4.77. The maximum absolute atomic E-state index is 9.06. The zero-order valence-corrected chi connectivity index (χ0v) is 8.27. The van der Waals surface area contributed by atoms with E-state index < -0.39 is 0 Å². The third-order valence-electron chi connectivity index (χ3n) is 2.53. The highest BCUT2D eigenvalue weighted by Crippen LogP contribution is 2.29. The van der Waals surface area contributed by atoms with E-state index in [0.717, 1.165) is 10.8 Å². The Kier molecular flexibility index (Phi) is 1.62. The van der Waals surface area contributed by atoms with E-state index in [4.69, 9.17) is 15.4 Å². The van der Waals surface area contributed by atoms with Gasteiger partial charge in [0, 0.05) is 10.8 Å². The molecule has 0 saturated carbocycles. The Bertz CT molecular complexity index is 737. The van der Waals surface area contributed by atoms with Crippen molar-refractivity contribution < 1.29 is 4.42 Å². The van der Waals surface area contributed by atoms with Crippen LogP contribution in [0.1, 0.15) is 5.56 Å². The van der Waals surface area contributed by atoms with Crippen molar-refractivity contribution in [3.05, 3.63) is 35.9 Å². The maximum atomic E-state index is 9.06. The first-order valence-electron chi connectivity index (χ1n) is 4.77. The Morgan fingerprint density at radius 3 is 2.75 bits per heavy atom. The van der Waals surface area contributed by atoms with Gasteiger partial charge in [0.15, 0.2) is 5.58 Å². The van der Waals surface area contributed by atoms with Crippen LogP contribution in [-0.2, 0) is 0 Å². The summed E-state index contributed by atoms with van der Waals surface area (Å²) in [5, 5.41) is 10.8. The highest BCUT2D eigenvalue weighted by molar-refractivity contribution is 6.06. The first kappa shape index (κ1) is 8.74. The summed E-state index contributed by atoms with van der Waals surface area (Å²) in [6.07, 6.45) is 0. The summed E-state index contributed by atoms with van der Waals surface area (Å²) in [7, 11) is 0. The van der Waals surface area contributed by atoms with Crippen LogP contribution in [0.25, 0.3) is 21.9 Å². The summed E-state index contributed by atoms with van der Waals surface area (Å²) in [6.45, 7) is 0. The third-order valence-corrected chi connectivity index (χ3v) is 2.53. The van der Waals surface area contributed by atoms with E-state index in [1.165, 1.54) is 0 Å². The van der Waals surface area contributed by atoms with Crippen LogP contribution in [0.4, 0.5) is 6.01 Å². The number of anilines is 1. The summed E-state index contributed by atoms with van der Waals surface area (Å²) in [5.41, 5.74) is 7.34. The molecule has 3 rings (SSSR count). The molecule has 3 aromatic rings.